The first kappa shape index (κ1) is 25.3. The topological polar surface area (TPSA) is 204 Å². The number of carbonyl (C=O) groups excluding carboxylic acids is 1. The van der Waals surface area contributed by atoms with Gasteiger partial charge < -0.3 is 26.2 Å². The number of carbonyl (C=O) groups is 3. The summed E-state index contributed by atoms with van der Waals surface area (Å²) in [6, 6.07) is 1.21. The highest BCUT2D eigenvalue weighted by molar-refractivity contribution is 7.59. The van der Waals surface area contributed by atoms with Gasteiger partial charge in [-0.2, -0.15) is 18.5 Å². The Balaban J connectivity index is 0.00000385. The van der Waals surface area contributed by atoms with Crippen molar-refractivity contribution in [3.63, 3.8) is 0 Å². The first-order chi connectivity index (χ1) is 15.1. The van der Waals surface area contributed by atoms with Gasteiger partial charge in [-0.25, -0.2) is 14.2 Å². The van der Waals surface area contributed by atoms with Crippen LogP contribution >= 0.6 is 13.5 Å². The van der Waals surface area contributed by atoms with Crippen molar-refractivity contribution in [3.05, 3.63) is 51.5 Å². The molecule has 0 fully saturated rings. The number of halogens is 1. The average molecular weight is 480 g/mol. The van der Waals surface area contributed by atoms with Gasteiger partial charge in [-0.1, -0.05) is 0 Å². The largest absolute Gasteiger partial charge is 0.481 e. The van der Waals surface area contributed by atoms with Crippen LogP contribution in [0.2, 0.25) is 0 Å². The molecule has 176 valence electrons. The summed E-state index contributed by atoms with van der Waals surface area (Å²) in [5, 5.41) is 20.2. The third-order valence-corrected chi connectivity index (χ3v) is 4.62. The molecule has 3 aromatic rings. The Bertz CT molecular complexity index is 1260. The van der Waals surface area contributed by atoms with E-state index in [9.17, 15) is 23.6 Å². The standard InChI is InChI=1S/C19H19FN6O6.H2S/c20-11-5-8(1-2-9-6-10-15(23-9)25-19(21)26-16(10)29)7-22-14(11)17(30)24-12(18(31)32)3-4-13(27)28;/h5-7,12H,1-4H2,(H,24,30)(H,27,28)(H,31,32)(H4,21,23,25,26,29);1H2/t12-;/m0./s1. The van der Waals surface area contributed by atoms with Crippen molar-refractivity contribution in [2.75, 3.05) is 5.73 Å². The fraction of sp³-hybridized carbons (Fsp3) is 0.263. The van der Waals surface area contributed by atoms with Crippen LogP contribution in [0.15, 0.2) is 23.1 Å². The molecule has 1 amide bonds. The zero-order chi connectivity index (χ0) is 23.4. The summed E-state index contributed by atoms with van der Waals surface area (Å²) in [5.74, 6) is -4.71. The van der Waals surface area contributed by atoms with Crippen molar-refractivity contribution in [2.45, 2.75) is 31.7 Å². The molecule has 0 unspecified atom stereocenters. The first-order valence-corrected chi connectivity index (χ1v) is 9.41. The van der Waals surface area contributed by atoms with E-state index in [0.717, 1.165) is 6.07 Å². The summed E-state index contributed by atoms with van der Waals surface area (Å²) in [6.45, 7) is 0. The minimum atomic E-state index is -1.49. The lowest BCUT2D eigenvalue weighted by molar-refractivity contribution is -0.140. The fourth-order valence-corrected chi connectivity index (χ4v) is 3.04. The summed E-state index contributed by atoms with van der Waals surface area (Å²) in [5.41, 5.74) is 5.96. The number of H-pyrrole nitrogens is 2. The predicted octanol–water partition coefficient (Wildman–Crippen LogP) is 0.313. The minimum absolute atomic E-state index is 0. The lowest BCUT2D eigenvalue weighted by Gasteiger charge is -2.13. The van der Waals surface area contributed by atoms with E-state index in [1.165, 1.54) is 6.20 Å². The van der Waals surface area contributed by atoms with E-state index in [0.29, 0.717) is 35.1 Å². The van der Waals surface area contributed by atoms with Crippen molar-refractivity contribution in [1.29, 1.82) is 0 Å². The van der Waals surface area contributed by atoms with Crippen molar-refractivity contribution in [2.24, 2.45) is 0 Å². The number of nitrogens with zero attached hydrogens (tertiary/aromatic N) is 2. The van der Waals surface area contributed by atoms with Gasteiger partial charge in [-0.05, 0) is 37.0 Å². The van der Waals surface area contributed by atoms with E-state index < -0.39 is 41.8 Å². The highest BCUT2D eigenvalue weighted by atomic mass is 32.1. The fourth-order valence-electron chi connectivity index (χ4n) is 3.04. The number of carboxylic acid groups (broad SMARTS) is 2. The molecule has 0 aliphatic rings. The van der Waals surface area contributed by atoms with Gasteiger partial charge in [-0.15, -0.1) is 0 Å². The smallest absolute Gasteiger partial charge is 0.326 e. The van der Waals surface area contributed by atoms with Crippen molar-refractivity contribution < 1.29 is 29.0 Å². The number of anilines is 1. The number of pyridine rings is 1. The second-order valence-corrected chi connectivity index (χ2v) is 6.98. The number of nitrogens with two attached hydrogens (primary N) is 1. The monoisotopic (exact) mass is 480 g/mol. The van der Waals surface area contributed by atoms with Crippen LogP contribution in [-0.2, 0) is 22.4 Å². The zero-order valence-corrected chi connectivity index (χ0v) is 18.0. The zero-order valence-electron chi connectivity index (χ0n) is 17.0. The summed E-state index contributed by atoms with van der Waals surface area (Å²) in [7, 11) is 0. The molecule has 0 aliphatic carbocycles. The Labute approximate surface area is 191 Å². The number of hydrogen-bond donors (Lipinski definition) is 6. The molecule has 33 heavy (non-hydrogen) atoms. The maximum absolute atomic E-state index is 14.4. The maximum atomic E-state index is 14.4. The van der Waals surface area contributed by atoms with Gasteiger partial charge in [0.25, 0.3) is 11.5 Å². The first-order valence-electron chi connectivity index (χ1n) is 9.41. The van der Waals surface area contributed by atoms with Crippen LogP contribution in [-0.4, -0.2) is 54.0 Å². The number of aryl methyl sites for hydroxylation is 2. The minimum Gasteiger partial charge on any atom is -0.481 e. The van der Waals surface area contributed by atoms with Crippen LogP contribution in [0.5, 0.6) is 0 Å². The van der Waals surface area contributed by atoms with Crippen LogP contribution < -0.4 is 16.6 Å². The van der Waals surface area contributed by atoms with E-state index >= 15 is 0 Å². The molecule has 3 aromatic heterocycles. The molecular weight excluding hydrogens is 459 g/mol. The molecule has 3 rings (SSSR count). The van der Waals surface area contributed by atoms with Crippen LogP contribution in [0.3, 0.4) is 0 Å². The molecule has 0 saturated carbocycles. The predicted molar refractivity (Wildman–Crippen MR) is 119 cm³/mol. The average Bonchev–Trinajstić information content (AvgIpc) is 3.12. The third kappa shape index (κ3) is 6.29. The van der Waals surface area contributed by atoms with E-state index in [-0.39, 0.29) is 31.4 Å². The van der Waals surface area contributed by atoms with E-state index in [2.05, 4.69) is 25.3 Å². The van der Waals surface area contributed by atoms with Gasteiger partial charge >= 0.3 is 11.9 Å². The van der Waals surface area contributed by atoms with Crippen LogP contribution in [0.4, 0.5) is 10.3 Å². The molecule has 0 saturated heterocycles. The molecule has 0 spiro atoms. The van der Waals surface area contributed by atoms with Gasteiger partial charge in [0.15, 0.2) is 11.5 Å². The SMILES string of the molecule is Nc1nc2[nH]c(CCc3cnc(C(=O)N[C@@H](CCC(=O)O)C(=O)O)c(F)c3)cc2c(=O)[nH]1.S. The molecule has 0 aromatic carbocycles. The van der Waals surface area contributed by atoms with Gasteiger partial charge in [0.05, 0.1) is 5.39 Å². The Kier molecular flexibility index (Phi) is 8.12. The van der Waals surface area contributed by atoms with E-state index in [1.807, 2.05) is 0 Å². The van der Waals surface area contributed by atoms with E-state index in [1.54, 1.807) is 6.07 Å². The Morgan fingerprint density at radius 3 is 2.55 bits per heavy atom. The second-order valence-electron chi connectivity index (χ2n) is 6.98. The number of carboxylic acids is 2. The van der Waals surface area contributed by atoms with Crippen molar-refractivity contribution in [3.8, 4) is 0 Å². The lowest BCUT2D eigenvalue weighted by Crippen LogP contribution is -2.41. The molecule has 0 aliphatic heterocycles. The van der Waals surface area contributed by atoms with Gasteiger partial charge in [0.2, 0.25) is 5.95 Å². The van der Waals surface area contributed by atoms with Crippen LogP contribution in [0.25, 0.3) is 11.0 Å². The molecule has 0 bridgehead atoms. The summed E-state index contributed by atoms with van der Waals surface area (Å²) >= 11 is 0. The Morgan fingerprint density at radius 2 is 1.91 bits per heavy atom. The molecule has 12 nitrogen and oxygen atoms in total. The van der Waals surface area contributed by atoms with Crippen molar-refractivity contribution >= 4 is 48.3 Å². The van der Waals surface area contributed by atoms with E-state index in [4.69, 9.17) is 15.9 Å². The summed E-state index contributed by atoms with van der Waals surface area (Å²) in [4.78, 5) is 59.0. The number of nitrogen functional groups attached to an aromatic ring is 1. The summed E-state index contributed by atoms with van der Waals surface area (Å²) in [6.07, 6.45) is 1.15. The maximum Gasteiger partial charge on any atom is 0.326 e. The van der Waals surface area contributed by atoms with Gasteiger partial charge in [-0.3, -0.25) is 19.4 Å². The van der Waals surface area contributed by atoms with Gasteiger partial charge in [0.1, 0.15) is 11.7 Å². The number of nitrogens with one attached hydrogen (secondary N) is 3. The van der Waals surface area contributed by atoms with Crippen molar-refractivity contribution in [1.82, 2.24) is 25.3 Å². The number of rotatable bonds is 9. The molecule has 0 radical (unpaired) electrons. The molecular formula is C19H21FN6O6S. The molecule has 14 heteroatoms. The number of aromatic nitrogens is 4. The molecule has 1 atom stereocenters. The Morgan fingerprint density at radius 1 is 1.18 bits per heavy atom. The van der Waals surface area contributed by atoms with Gasteiger partial charge in [0, 0.05) is 18.3 Å². The quantitative estimate of drug-likeness (QED) is 0.249. The lowest BCUT2D eigenvalue weighted by atomic mass is 10.1. The highest BCUT2D eigenvalue weighted by Crippen LogP contribution is 2.14. The van der Waals surface area contributed by atoms with Crippen LogP contribution in [0, 0.1) is 5.82 Å². The number of fused-ring (bicyclic) bond motifs is 1. The Hall–Kier alpha value is -3.94. The van der Waals surface area contributed by atoms with Crippen LogP contribution in [0.1, 0.15) is 34.6 Å². The number of hydrogen-bond acceptors (Lipinski definition) is 7. The number of aromatic amines is 2. The number of aliphatic carboxylic acids is 2. The number of amides is 1. The highest BCUT2D eigenvalue weighted by Gasteiger charge is 2.24. The normalized spacial score (nSPS) is 11.5. The molecule has 7 N–H and O–H groups in total. The molecule has 3 heterocycles. The summed E-state index contributed by atoms with van der Waals surface area (Å²) < 4.78 is 14.4. The third-order valence-electron chi connectivity index (χ3n) is 4.62. The second kappa shape index (κ2) is 10.6.